The molecule has 0 aliphatic rings. The highest BCUT2D eigenvalue weighted by Gasteiger charge is 2.10. The van der Waals surface area contributed by atoms with E-state index in [0.29, 0.717) is 19.3 Å². The van der Waals surface area contributed by atoms with E-state index in [1.807, 2.05) is 0 Å². The van der Waals surface area contributed by atoms with Gasteiger partial charge >= 0.3 is 0 Å². The first-order valence-corrected chi connectivity index (χ1v) is 3.62. The molecule has 0 saturated carbocycles. The van der Waals surface area contributed by atoms with Crippen LogP contribution in [0, 0.1) is 0 Å². The van der Waals surface area contributed by atoms with Crippen molar-refractivity contribution in [1.82, 2.24) is 5.32 Å². The molecule has 0 radical (unpaired) electrons. The van der Waals surface area contributed by atoms with Gasteiger partial charge in [-0.2, -0.15) is 0 Å². The molecule has 0 spiro atoms. The molecule has 0 fully saturated rings. The number of likely N-dealkylation sites (N-methyl/N-ethyl adjacent to an activating group) is 1. The molecule has 1 unspecified atom stereocenters. The van der Waals surface area contributed by atoms with Gasteiger partial charge in [-0.05, 0) is 19.9 Å². The SMILES string of the molecule is CNC(CCCC=O)C(N)=O. The van der Waals surface area contributed by atoms with Crippen molar-refractivity contribution < 1.29 is 9.59 Å². The molecule has 0 aromatic heterocycles. The number of unbranched alkanes of at least 4 members (excludes halogenated alkanes) is 1. The Morgan fingerprint density at radius 1 is 1.73 bits per heavy atom. The predicted molar refractivity (Wildman–Crippen MR) is 42.0 cm³/mol. The van der Waals surface area contributed by atoms with Crippen LogP contribution in [0.25, 0.3) is 0 Å². The monoisotopic (exact) mass is 158 g/mol. The van der Waals surface area contributed by atoms with Gasteiger partial charge in [0.1, 0.15) is 6.29 Å². The smallest absolute Gasteiger partial charge is 0.234 e. The molecule has 0 aliphatic carbocycles. The van der Waals surface area contributed by atoms with Crippen molar-refractivity contribution in [2.75, 3.05) is 7.05 Å². The number of primary amides is 1. The lowest BCUT2D eigenvalue weighted by Gasteiger charge is -2.09. The molecule has 0 aliphatic heterocycles. The average molecular weight is 158 g/mol. The van der Waals surface area contributed by atoms with Gasteiger partial charge in [0.05, 0.1) is 6.04 Å². The van der Waals surface area contributed by atoms with Crippen molar-refractivity contribution in [3.05, 3.63) is 0 Å². The fourth-order valence-electron chi connectivity index (χ4n) is 0.834. The summed E-state index contributed by atoms with van der Waals surface area (Å²) in [6, 6.07) is -0.296. The van der Waals surface area contributed by atoms with Crippen LogP contribution in [-0.4, -0.2) is 25.3 Å². The van der Waals surface area contributed by atoms with Crippen LogP contribution < -0.4 is 11.1 Å². The molecule has 4 nitrogen and oxygen atoms in total. The van der Waals surface area contributed by atoms with E-state index >= 15 is 0 Å². The quantitative estimate of drug-likeness (QED) is 0.401. The molecule has 0 rings (SSSR count). The first kappa shape index (κ1) is 10.1. The second kappa shape index (κ2) is 5.85. The molecule has 3 N–H and O–H groups in total. The number of hydrogen-bond acceptors (Lipinski definition) is 3. The molecule has 0 saturated heterocycles. The van der Waals surface area contributed by atoms with E-state index in [-0.39, 0.29) is 11.9 Å². The van der Waals surface area contributed by atoms with Gasteiger partial charge in [-0.25, -0.2) is 0 Å². The summed E-state index contributed by atoms with van der Waals surface area (Å²) < 4.78 is 0. The highest BCUT2D eigenvalue weighted by atomic mass is 16.1. The number of nitrogens with two attached hydrogens (primary N) is 1. The highest BCUT2D eigenvalue weighted by molar-refractivity contribution is 5.79. The first-order valence-electron chi connectivity index (χ1n) is 3.62. The zero-order valence-corrected chi connectivity index (χ0v) is 6.67. The molecule has 11 heavy (non-hydrogen) atoms. The Kier molecular flexibility index (Phi) is 5.37. The maximum absolute atomic E-state index is 10.6. The number of amides is 1. The molecular weight excluding hydrogens is 144 g/mol. The second-order valence-electron chi connectivity index (χ2n) is 2.34. The molecule has 64 valence electrons. The Bertz CT molecular complexity index is 136. The number of rotatable bonds is 6. The van der Waals surface area contributed by atoms with Crippen molar-refractivity contribution in [3.8, 4) is 0 Å². The Labute approximate surface area is 66.1 Å². The fraction of sp³-hybridized carbons (Fsp3) is 0.714. The van der Waals surface area contributed by atoms with Gasteiger partial charge in [-0.1, -0.05) is 0 Å². The summed E-state index contributed by atoms with van der Waals surface area (Å²) in [4.78, 5) is 20.5. The lowest BCUT2D eigenvalue weighted by atomic mass is 10.1. The fourth-order valence-corrected chi connectivity index (χ4v) is 0.834. The van der Waals surface area contributed by atoms with Crippen molar-refractivity contribution >= 4 is 12.2 Å². The van der Waals surface area contributed by atoms with Gasteiger partial charge in [0.15, 0.2) is 0 Å². The molecular formula is C7H14N2O2. The standard InChI is InChI=1S/C7H14N2O2/c1-9-6(7(8)11)4-2-3-5-10/h5-6,9H,2-4H2,1H3,(H2,8,11). The van der Waals surface area contributed by atoms with Gasteiger partial charge in [-0.3, -0.25) is 4.79 Å². The Morgan fingerprint density at radius 3 is 2.73 bits per heavy atom. The van der Waals surface area contributed by atoms with Gasteiger partial charge in [0.2, 0.25) is 5.91 Å². The minimum Gasteiger partial charge on any atom is -0.368 e. The molecule has 0 bridgehead atoms. The lowest BCUT2D eigenvalue weighted by molar-refractivity contribution is -0.120. The van der Waals surface area contributed by atoms with Gasteiger partial charge in [-0.15, -0.1) is 0 Å². The van der Waals surface area contributed by atoms with Crippen LogP contribution in [0.1, 0.15) is 19.3 Å². The molecule has 1 atom stereocenters. The topological polar surface area (TPSA) is 72.2 Å². The first-order chi connectivity index (χ1) is 5.22. The third kappa shape index (κ3) is 4.50. The number of nitrogens with one attached hydrogen (secondary N) is 1. The molecule has 0 heterocycles. The average Bonchev–Trinajstić information content (AvgIpc) is 1.97. The zero-order valence-electron chi connectivity index (χ0n) is 6.67. The van der Waals surface area contributed by atoms with E-state index in [9.17, 15) is 9.59 Å². The van der Waals surface area contributed by atoms with Crippen molar-refractivity contribution in [2.24, 2.45) is 5.73 Å². The van der Waals surface area contributed by atoms with E-state index in [1.54, 1.807) is 7.05 Å². The number of carbonyl (C=O) groups is 2. The third-order valence-corrected chi connectivity index (χ3v) is 1.51. The van der Waals surface area contributed by atoms with Crippen LogP contribution in [0.4, 0.5) is 0 Å². The van der Waals surface area contributed by atoms with Crippen LogP contribution in [0.3, 0.4) is 0 Å². The lowest BCUT2D eigenvalue weighted by Crippen LogP contribution is -2.38. The van der Waals surface area contributed by atoms with Gasteiger partial charge in [0.25, 0.3) is 0 Å². The predicted octanol–water partition coefficient (Wildman–Crippen LogP) is -0.571. The summed E-state index contributed by atoms with van der Waals surface area (Å²) in [7, 11) is 1.68. The minimum atomic E-state index is -0.363. The van der Waals surface area contributed by atoms with E-state index < -0.39 is 0 Å². The highest BCUT2D eigenvalue weighted by Crippen LogP contribution is 1.97. The van der Waals surface area contributed by atoms with E-state index in [0.717, 1.165) is 6.29 Å². The normalized spacial score (nSPS) is 12.5. The van der Waals surface area contributed by atoms with Crippen molar-refractivity contribution in [1.29, 1.82) is 0 Å². The van der Waals surface area contributed by atoms with E-state index in [2.05, 4.69) is 5.32 Å². The molecule has 4 heteroatoms. The summed E-state index contributed by atoms with van der Waals surface area (Å²) in [6.07, 6.45) is 2.67. The Balaban J connectivity index is 3.52. The van der Waals surface area contributed by atoms with E-state index in [4.69, 9.17) is 5.73 Å². The summed E-state index contributed by atoms with van der Waals surface area (Å²) in [5.74, 6) is -0.363. The Morgan fingerprint density at radius 2 is 2.36 bits per heavy atom. The van der Waals surface area contributed by atoms with Crippen LogP contribution in [0.15, 0.2) is 0 Å². The minimum absolute atomic E-state index is 0.296. The van der Waals surface area contributed by atoms with Crippen LogP contribution >= 0.6 is 0 Å². The van der Waals surface area contributed by atoms with E-state index in [1.165, 1.54) is 0 Å². The van der Waals surface area contributed by atoms with Gasteiger partial charge in [0, 0.05) is 6.42 Å². The van der Waals surface area contributed by atoms with Gasteiger partial charge < -0.3 is 15.8 Å². The Hall–Kier alpha value is -0.900. The zero-order chi connectivity index (χ0) is 8.69. The van der Waals surface area contributed by atoms with Crippen molar-refractivity contribution in [2.45, 2.75) is 25.3 Å². The van der Waals surface area contributed by atoms with Crippen LogP contribution in [0.2, 0.25) is 0 Å². The van der Waals surface area contributed by atoms with Crippen molar-refractivity contribution in [3.63, 3.8) is 0 Å². The molecule has 0 aromatic carbocycles. The maximum atomic E-state index is 10.6. The molecule has 1 amide bonds. The van der Waals surface area contributed by atoms with Crippen LogP contribution in [-0.2, 0) is 9.59 Å². The second-order valence-corrected chi connectivity index (χ2v) is 2.34. The number of hydrogen-bond donors (Lipinski definition) is 2. The third-order valence-electron chi connectivity index (χ3n) is 1.51. The number of carbonyl (C=O) groups excluding carboxylic acids is 2. The largest absolute Gasteiger partial charge is 0.368 e. The summed E-state index contributed by atoms with van der Waals surface area (Å²) in [5.41, 5.74) is 5.04. The maximum Gasteiger partial charge on any atom is 0.234 e. The summed E-state index contributed by atoms with van der Waals surface area (Å²) >= 11 is 0. The summed E-state index contributed by atoms with van der Waals surface area (Å²) in [6.45, 7) is 0. The molecule has 0 aromatic rings. The van der Waals surface area contributed by atoms with Crippen LogP contribution in [0.5, 0.6) is 0 Å². The summed E-state index contributed by atoms with van der Waals surface area (Å²) in [5, 5.41) is 2.77. The number of aldehydes is 1.